The molecule has 17 heavy (non-hydrogen) atoms. The molecular weight excluding hydrogens is 236 g/mol. The van der Waals surface area contributed by atoms with Crippen molar-refractivity contribution in [3.63, 3.8) is 0 Å². The van der Waals surface area contributed by atoms with Crippen LogP contribution in [0.4, 0.5) is 0 Å². The van der Waals surface area contributed by atoms with Crippen molar-refractivity contribution in [1.29, 1.82) is 0 Å². The van der Waals surface area contributed by atoms with Gasteiger partial charge in [-0.05, 0) is 25.3 Å². The van der Waals surface area contributed by atoms with Crippen molar-refractivity contribution < 1.29 is 4.79 Å². The van der Waals surface area contributed by atoms with Crippen molar-refractivity contribution in [2.75, 3.05) is 19.6 Å². The van der Waals surface area contributed by atoms with Gasteiger partial charge in [-0.3, -0.25) is 4.79 Å². The highest BCUT2D eigenvalue weighted by atomic mass is 35.5. The Bertz CT molecular complexity index is 194. The lowest BCUT2D eigenvalue weighted by Gasteiger charge is -2.09. The van der Waals surface area contributed by atoms with Gasteiger partial charge in [-0.25, -0.2) is 0 Å². The van der Waals surface area contributed by atoms with Gasteiger partial charge in [0.1, 0.15) is 0 Å². The molecule has 1 aliphatic carbocycles. The zero-order valence-corrected chi connectivity index (χ0v) is 11.8. The van der Waals surface area contributed by atoms with E-state index in [0.29, 0.717) is 0 Å². The first-order valence-corrected chi connectivity index (χ1v) is 6.80. The molecule has 0 heterocycles. The predicted molar refractivity (Wildman–Crippen MR) is 74.6 cm³/mol. The minimum atomic E-state index is 0. The minimum Gasteiger partial charge on any atom is -0.355 e. The van der Waals surface area contributed by atoms with Gasteiger partial charge in [-0.2, -0.15) is 0 Å². The largest absolute Gasteiger partial charge is 0.355 e. The SMILES string of the molecule is CCCNCCNC(=O)CCC1CCCC1.Cl. The number of hydrogen-bond acceptors (Lipinski definition) is 2. The topological polar surface area (TPSA) is 41.1 Å². The van der Waals surface area contributed by atoms with Gasteiger partial charge in [-0.1, -0.05) is 32.6 Å². The van der Waals surface area contributed by atoms with Crippen LogP contribution < -0.4 is 10.6 Å². The van der Waals surface area contributed by atoms with Crippen molar-refractivity contribution in [2.24, 2.45) is 5.92 Å². The van der Waals surface area contributed by atoms with Crippen LogP contribution in [-0.2, 0) is 4.79 Å². The van der Waals surface area contributed by atoms with Gasteiger partial charge < -0.3 is 10.6 Å². The van der Waals surface area contributed by atoms with E-state index in [4.69, 9.17) is 0 Å². The van der Waals surface area contributed by atoms with Crippen LogP contribution >= 0.6 is 12.4 Å². The summed E-state index contributed by atoms with van der Waals surface area (Å²) >= 11 is 0. The molecule has 0 bridgehead atoms. The van der Waals surface area contributed by atoms with Gasteiger partial charge in [-0.15, -0.1) is 12.4 Å². The number of rotatable bonds is 8. The van der Waals surface area contributed by atoms with E-state index in [0.717, 1.165) is 44.8 Å². The van der Waals surface area contributed by atoms with Gasteiger partial charge in [0, 0.05) is 19.5 Å². The number of halogens is 1. The normalized spacial score (nSPS) is 15.6. The maximum atomic E-state index is 11.5. The van der Waals surface area contributed by atoms with E-state index in [1.807, 2.05) is 0 Å². The molecule has 1 fully saturated rings. The molecule has 0 spiro atoms. The Kier molecular flexibility index (Phi) is 10.7. The number of hydrogen-bond donors (Lipinski definition) is 2. The van der Waals surface area contributed by atoms with Crippen molar-refractivity contribution >= 4 is 18.3 Å². The van der Waals surface area contributed by atoms with Crippen molar-refractivity contribution in [2.45, 2.75) is 51.9 Å². The molecule has 0 aromatic carbocycles. The lowest BCUT2D eigenvalue weighted by Crippen LogP contribution is -2.32. The molecule has 1 amide bonds. The monoisotopic (exact) mass is 262 g/mol. The standard InChI is InChI=1S/C13H26N2O.ClH/c1-2-9-14-10-11-15-13(16)8-7-12-5-3-4-6-12;/h12,14H,2-11H2,1H3,(H,15,16);1H. The summed E-state index contributed by atoms with van der Waals surface area (Å²) in [6.07, 6.45) is 8.37. The van der Waals surface area contributed by atoms with Crippen LogP contribution in [0.15, 0.2) is 0 Å². The van der Waals surface area contributed by atoms with Crippen LogP contribution in [0.1, 0.15) is 51.9 Å². The summed E-state index contributed by atoms with van der Waals surface area (Å²) in [6.45, 7) is 4.84. The average Bonchev–Trinajstić information content (AvgIpc) is 2.79. The second-order valence-electron chi connectivity index (χ2n) is 4.79. The van der Waals surface area contributed by atoms with Crippen LogP contribution in [0, 0.1) is 5.92 Å². The molecule has 0 aliphatic heterocycles. The number of amides is 1. The first kappa shape index (κ1) is 16.7. The molecule has 1 saturated carbocycles. The molecule has 0 radical (unpaired) electrons. The average molecular weight is 263 g/mol. The van der Waals surface area contributed by atoms with Crippen LogP contribution in [0.2, 0.25) is 0 Å². The fraction of sp³-hybridized carbons (Fsp3) is 0.923. The Morgan fingerprint density at radius 3 is 2.53 bits per heavy atom. The summed E-state index contributed by atoms with van der Waals surface area (Å²) < 4.78 is 0. The van der Waals surface area contributed by atoms with Crippen LogP contribution in [0.3, 0.4) is 0 Å². The smallest absolute Gasteiger partial charge is 0.220 e. The third-order valence-corrected chi connectivity index (χ3v) is 3.31. The molecule has 0 aromatic heterocycles. The third-order valence-electron chi connectivity index (χ3n) is 3.31. The first-order chi connectivity index (χ1) is 7.83. The van der Waals surface area contributed by atoms with E-state index in [2.05, 4.69) is 17.6 Å². The van der Waals surface area contributed by atoms with Crippen molar-refractivity contribution in [3.8, 4) is 0 Å². The molecular formula is C13H27ClN2O. The summed E-state index contributed by atoms with van der Waals surface area (Å²) in [6, 6.07) is 0. The fourth-order valence-corrected chi connectivity index (χ4v) is 2.31. The summed E-state index contributed by atoms with van der Waals surface area (Å²) in [5, 5.41) is 6.24. The van der Waals surface area contributed by atoms with E-state index in [1.165, 1.54) is 25.7 Å². The van der Waals surface area contributed by atoms with E-state index in [1.54, 1.807) is 0 Å². The Morgan fingerprint density at radius 2 is 1.88 bits per heavy atom. The summed E-state index contributed by atoms with van der Waals surface area (Å²) in [7, 11) is 0. The van der Waals surface area contributed by atoms with Gasteiger partial charge in [0.25, 0.3) is 0 Å². The van der Waals surface area contributed by atoms with Gasteiger partial charge in [0.05, 0.1) is 0 Å². The highest BCUT2D eigenvalue weighted by Gasteiger charge is 2.15. The molecule has 0 saturated heterocycles. The van der Waals surface area contributed by atoms with Crippen LogP contribution in [-0.4, -0.2) is 25.5 Å². The molecule has 3 nitrogen and oxygen atoms in total. The Labute approximate surface area is 112 Å². The van der Waals surface area contributed by atoms with Crippen molar-refractivity contribution in [1.82, 2.24) is 10.6 Å². The maximum Gasteiger partial charge on any atom is 0.220 e. The third kappa shape index (κ3) is 8.44. The number of carbonyl (C=O) groups excluding carboxylic acids is 1. The van der Waals surface area contributed by atoms with Gasteiger partial charge in [0.2, 0.25) is 5.91 Å². The molecule has 4 heteroatoms. The molecule has 1 rings (SSSR count). The lowest BCUT2D eigenvalue weighted by atomic mass is 10.0. The van der Waals surface area contributed by atoms with E-state index >= 15 is 0 Å². The van der Waals surface area contributed by atoms with Crippen LogP contribution in [0.5, 0.6) is 0 Å². The Morgan fingerprint density at radius 1 is 1.18 bits per heavy atom. The minimum absolute atomic E-state index is 0. The van der Waals surface area contributed by atoms with E-state index < -0.39 is 0 Å². The quantitative estimate of drug-likeness (QED) is 0.660. The second kappa shape index (κ2) is 10.8. The zero-order valence-electron chi connectivity index (χ0n) is 11.0. The highest BCUT2D eigenvalue weighted by molar-refractivity contribution is 5.85. The summed E-state index contributed by atoms with van der Waals surface area (Å²) in [4.78, 5) is 11.5. The van der Waals surface area contributed by atoms with Gasteiger partial charge >= 0.3 is 0 Å². The van der Waals surface area contributed by atoms with E-state index in [9.17, 15) is 4.79 Å². The fourth-order valence-electron chi connectivity index (χ4n) is 2.31. The maximum absolute atomic E-state index is 11.5. The van der Waals surface area contributed by atoms with Crippen molar-refractivity contribution in [3.05, 3.63) is 0 Å². The lowest BCUT2D eigenvalue weighted by molar-refractivity contribution is -0.121. The molecule has 0 aromatic rings. The molecule has 0 atom stereocenters. The Hall–Kier alpha value is -0.280. The summed E-state index contributed by atoms with van der Waals surface area (Å²) in [5.41, 5.74) is 0. The summed E-state index contributed by atoms with van der Waals surface area (Å²) in [5.74, 6) is 1.05. The Balaban J connectivity index is 0.00000256. The zero-order chi connectivity index (χ0) is 11.6. The molecule has 1 aliphatic rings. The first-order valence-electron chi connectivity index (χ1n) is 6.80. The molecule has 2 N–H and O–H groups in total. The number of nitrogens with one attached hydrogen (secondary N) is 2. The number of carbonyl (C=O) groups is 1. The highest BCUT2D eigenvalue weighted by Crippen LogP contribution is 2.28. The van der Waals surface area contributed by atoms with Gasteiger partial charge in [0.15, 0.2) is 0 Å². The molecule has 102 valence electrons. The van der Waals surface area contributed by atoms with E-state index in [-0.39, 0.29) is 18.3 Å². The molecule has 0 unspecified atom stereocenters. The second-order valence-corrected chi connectivity index (χ2v) is 4.79. The van der Waals surface area contributed by atoms with Crippen LogP contribution in [0.25, 0.3) is 0 Å². The predicted octanol–water partition coefficient (Wildman–Crippen LogP) is 2.49.